The summed E-state index contributed by atoms with van der Waals surface area (Å²) in [6.45, 7) is 10.2. The minimum Gasteiger partial charge on any atom is -0.0885 e. The first-order chi connectivity index (χ1) is 9.81. The molecule has 0 saturated heterocycles. The Kier molecular flexibility index (Phi) is 16.6. The lowest BCUT2D eigenvalue weighted by molar-refractivity contribution is 0.434. The van der Waals surface area contributed by atoms with Crippen molar-refractivity contribution in [2.45, 2.75) is 96.8 Å². The van der Waals surface area contributed by atoms with Crippen LogP contribution < -0.4 is 0 Å². The first-order valence-corrected chi connectivity index (χ1v) is 9.04. The molecular formula is C20H38. The molecule has 0 fully saturated rings. The molecule has 1 atom stereocenters. The normalized spacial score (nSPS) is 13.2. The molecule has 0 rings (SSSR count). The molecule has 0 saturated carbocycles. The van der Waals surface area contributed by atoms with Crippen molar-refractivity contribution >= 4 is 0 Å². The molecule has 0 bridgehead atoms. The maximum Gasteiger partial charge on any atom is -0.0351 e. The van der Waals surface area contributed by atoms with Crippen molar-refractivity contribution in [3.8, 4) is 0 Å². The predicted octanol–water partition coefficient (Wildman–Crippen LogP) is 7.31. The molecule has 118 valence electrons. The van der Waals surface area contributed by atoms with Gasteiger partial charge in [-0.2, -0.15) is 0 Å². The second kappa shape index (κ2) is 16.8. The van der Waals surface area contributed by atoms with Crippen molar-refractivity contribution in [1.82, 2.24) is 0 Å². The molecule has 0 aromatic rings. The number of unbranched alkanes of at least 4 members (excludes halogenated alkanes) is 9. The van der Waals surface area contributed by atoms with Gasteiger partial charge in [-0.05, 0) is 31.6 Å². The van der Waals surface area contributed by atoms with Gasteiger partial charge in [0.05, 0.1) is 0 Å². The Balaban J connectivity index is 3.16. The zero-order valence-electron chi connectivity index (χ0n) is 14.0. The smallest absolute Gasteiger partial charge is 0.0351 e. The van der Waals surface area contributed by atoms with Gasteiger partial charge in [-0.1, -0.05) is 97.1 Å². The second-order valence-corrected chi connectivity index (χ2v) is 6.27. The van der Waals surface area contributed by atoms with E-state index in [9.17, 15) is 0 Å². The lowest BCUT2D eigenvalue weighted by atomic mass is 9.96. The molecule has 0 aromatic heterocycles. The molecule has 0 spiro atoms. The van der Waals surface area contributed by atoms with Crippen molar-refractivity contribution in [3.63, 3.8) is 0 Å². The molecule has 0 aromatic carbocycles. The van der Waals surface area contributed by atoms with Crippen LogP contribution in [0.5, 0.6) is 0 Å². The zero-order valence-corrected chi connectivity index (χ0v) is 14.0. The number of hydrogen-bond donors (Lipinski definition) is 0. The topological polar surface area (TPSA) is 0 Å². The van der Waals surface area contributed by atoms with Crippen LogP contribution in [-0.2, 0) is 0 Å². The van der Waals surface area contributed by atoms with Gasteiger partial charge >= 0.3 is 0 Å². The van der Waals surface area contributed by atoms with E-state index in [1.165, 1.54) is 70.6 Å². The van der Waals surface area contributed by atoms with Gasteiger partial charge in [-0.15, -0.1) is 0 Å². The summed E-state index contributed by atoms with van der Waals surface area (Å²) in [6, 6.07) is 0. The van der Waals surface area contributed by atoms with Crippen LogP contribution in [0.2, 0.25) is 0 Å². The minimum atomic E-state index is 0.937. The standard InChI is InChI=1S/C20H38/c1-4-6-8-10-11-12-13-15-17-19-20(3)18-16-14-9-7-5-2/h8,10,20H,1-2,4-7,9,11-19H2,3H3. The Bertz CT molecular complexity index is 192. The molecule has 0 heteroatoms. The Morgan fingerprint density at radius 1 is 0.650 bits per heavy atom. The van der Waals surface area contributed by atoms with Gasteiger partial charge in [-0.3, -0.25) is 0 Å². The highest BCUT2D eigenvalue weighted by Gasteiger charge is 2.01. The van der Waals surface area contributed by atoms with Crippen LogP contribution in [0.3, 0.4) is 0 Å². The van der Waals surface area contributed by atoms with Crippen LogP contribution in [0.25, 0.3) is 0 Å². The average Bonchev–Trinajstić information content (AvgIpc) is 2.45. The van der Waals surface area contributed by atoms with E-state index in [-0.39, 0.29) is 0 Å². The SMILES string of the molecule is [CH2]CCC=CCCCCCCC(C)CCCCCC[CH2]. The van der Waals surface area contributed by atoms with Gasteiger partial charge in [0, 0.05) is 0 Å². The van der Waals surface area contributed by atoms with Crippen LogP contribution in [0.4, 0.5) is 0 Å². The van der Waals surface area contributed by atoms with Crippen LogP contribution in [0, 0.1) is 19.8 Å². The summed E-state index contributed by atoms with van der Waals surface area (Å²) in [4.78, 5) is 0. The minimum absolute atomic E-state index is 0.937. The van der Waals surface area contributed by atoms with Crippen molar-refractivity contribution in [1.29, 1.82) is 0 Å². The van der Waals surface area contributed by atoms with Crippen molar-refractivity contribution in [3.05, 3.63) is 26.0 Å². The van der Waals surface area contributed by atoms with Gasteiger partial charge < -0.3 is 0 Å². The fraction of sp³-hybridized carbons (Fsp3) is 0.800. The summed E-state index contributed by atoms with van der Waals surface area (Å²) in [6.07, 6.45) is 23.2. The van der Waals surface area contributed by atoms with Crippen LogP contribution >= 0.6 is 0 Å². The molecule has 0 aliphatic rings. The fourth-order valence-electron chi connectivity index (χ4n) is 2.63. The third-order valence-corrected chi connectivity index (χ3v) is 4.05. The van der Waals surface area contributed by atoms with Crippen LogP contribution in [0.1, 0.15) is 96.8 Å². The summed E-state index contributed by atoms with van der Waals surface area (Å²) in [5.41, 5.74) is 0. The summed E-state index contributed by atoms with van der Waals surface area (Å²) in [7, 11) is 0. The largest absolute Gasteiger partial charge is 0.0885 e. The summed E-state index contributed by atoms with van der Waals surface area (Å²) < 4.78 is 0. The molecule has 0 amide bonds. The van der Waals surface area contributed by atoms with E-state index in [2.05, 4.69) is 32.9 Å². The molecule has 0 aliphatic carbocycles. The van der Waals surface area contributed by atoms with Crippen molar-refractivity contribution < 1.29 is 0 Å². The molecule has 0 nitrogen and oxygen atoms in total. The molecule has 1 unspecified atom stereocenters. The van der Waals surface area contributed by atoms with Gasteiger partial charge in [-0.25, -0.2) is 0 Å². The number of rotatable bonds is 15. The van der Waals surface area contributed by atoms with Gasteiger partial charge in [0.25, 0.3) is 0 Å². The van der Waals surface area contributed by atoms with Gasteiger partial charge in [0.2, 0.25) is 0 Å². The Morgan fingerprint density at radius 3 is 1.80 bits per heavy atom. The highest BCUT2D eigenvalue weighted by Crippen LogP contribution is 2.18. The van der Waals surface area contributed by atoms with E-state index >= 15 is 0 Å². The molecular weight excluding hydrogens is 240 g/mol. The van der Waals surface area contributed by atoms with E-state index in [0.717, 1.165) is 25.2 Å². The summed E-state index contributed by atoms with van der Waals surface area (Å²) >= 11 is 0. The second-order valence-electron chi connectivity index (χ2n) is 6.27. The summed E-state index contributed by atoms with van der Waals surface area (Å²) in [5, 5.41) is 0. The van der Waals surface area contributed by atoms with Crippen LogP contribution in [-0.4, -0.2) is 0 Å². The lowest BCUT2D eigenvalue weighted by Gasteiger charge is -2.10. The van der Waals surface area contributed by atoms with Gasteiger partial charge in [0.15, 0.2) is 0 Å². The number of allylic oxidation sites excluding steroid dienone is 2. The van der Waals surface area contributed by atoms with E-state index in [1.807, 2.05) is 0 Å². The monoisotopic (exact) mass is 278 g/mol. The third-order valence-electron chi connectivity index (χ3n) is 4.05. The average molecular weight is 279 g/mol. The highest BCUT2D eigenvalue weighted by atomic mass is 14.1. The van der Waals surface area contributed by atoms with Gasteiger partial charge in [0.1, 0.15) is 0 Å². The number of hydrogen-bond acceptors (Lipinski definition) is 0. The predicted molar refractivity (Wildman–Crippen MR) is 93.7 cm³/mol. The quantitative estimate of drug-likeness (QED) is 0.217. The highest BCUT2D eigenvalue weighted by molar-refractivity contribution is 4.81. The van der Waals surface area contributed by atoms with E-state index < -0.39 is 0 Å². The van der Waals surface area contributed by atoms with E-state index in [0.29, 0.717) is 0 Å². The van der Waals surface area contributed by atoms with E-state index in [4.69, 9.17) is 0 Å². The molecule has 0 heterocycles. The zero-order chi connectivity index (χ0) is 14.9. The fourth-order valence-corrected chi connectivity index (χ4v) is 2.63. The molecule has 2 radical (unpaired) electrons. The molecule has 0 N–H and O–H groups in total. The Hall–Kier alpha value is -0.260. The van der Waals surface area contributed by atoms with Crippen LogP contribution in [0.15, 0.2) is 12.2 Å². The molecule has 20 heavy (non-hydrogen) atoms. The van der Waals surface area contributed by atoms with Crippen molar-refractivity contribution in [2.75, 3.05) is 0 Å². The maximum absolute atomic E-state index is 3.90. The lowest BCUT2D eigenvalue weighted by Crippen LogP contribution is -1.95. The third kappa shape index (κ3) is 15.8. The maximum atomic E-state index is 3.90. The summed E-state index contributed by atoms with van der Waals surface area (Å²) in [5.74, 6) is 0.937. The Labute approximate surface area is 129 Å². The first kappa shape index (κ1) is 19.7. The first-order valence-electron chi connectivity index (χ1n) is 9.04. The van der Waals surface area contributed by atoms with E-state index in [1.54, 1.807) is 0 Å². The van der Waals surface area contributed by atoms with Crippen molar-refractivity contribution in [2.24, 2.45) is 5.92 Å². The molecule has 0 aliphatic heterocycles. The Morgan fingerprint density at radius 2 is 1.20 bits per heavy atom.